The van der Waals surface area contributed by atoms with Gasteiger partial charge in [0.05, 0.1) is 16.0 Å². The van der Waals surface area contributed by atoms with E-state index in [4.69, 9.17) is 0 Å². The molecule has 0 bridgehead atoms. The average Bonchev–Trinajstić information content (AvgIpc) is 2.42. The maximum atomic E-state index is 13.0. The van der Waals surface area contributed by atoms with Crippen LogP contribution in [-0.4, -0.2) is 25.5 Å². The summed E-state index contributed by atoms with van der Waals surface area (Å²) >= 11 is 0. The number of sulfonamides is 1. The normalized spacial score (nSPS) is 21.0. The summed E-state index contributed by atoms with van der Waals surface area (Å²) in [6, 6.07) is 13.0. The minimum Gasteiger partial charge on any atom is -0.337 e. The van der Waals surface area contributed by atoms with E-state index in [0.29, 0.717) is 4.90 Å². The molecule has 0 atom stereocenters. The Morgan fingerprint density at radius 1 is 0.958 bits per heavy atom. The van der Waals surface area contributed by atoms with Gasteiger partial charge in [-0.15, -0.1) is 0 Å². The smallest absolute Gasteiger partial charge is 0.241 e. The van der Waals surface area contributed by atoms with Crippen LogP contribution >= 0.6 is 0 Å². The number of rotatable bonds is 3. The fourth-order valence-corrected chi connectivity index (χ4v) is 5.78. The number of benzene rings is 2. The largest absolute Gasteiger partial charge is 0.337 e. The lowest BCUT2D eigenvalue weighted by Gasteiger charge is -2.43. The van der Waals surface area contributed by atoms with Crippen molar-refractivity contribution in [3.8, 4) is 0 Å². The van der Waals surface area contributed by atoms with Crippen molar-refractivity contribution in [1.82, 2.24) is 4.72 Å². The topological polar surface area (TPSA) is 62.8 Å². The summed E-state index contributed by atoms with van der Waals surface area (Å²) in [5, 5.41) is 4.06. The second kappa shape index (κ2) is 5.83. The van der Waals surface area contributed by atoms with Gasteiger partial charge < -0.3 is 5.32 Å². The SMILES string of the molecule is CC1(C)CC(NS(=O)(=O)c2cccc3ccccc23)CC(C)(C)[NH2+]1. The van der Waals surface area contributed by atoms with Gasteiger partial charge in [0.15, 0.2) is 0 Å². The van der Waals surface area contributed by atoms with Crippen LogP contribution in [-0.2, 0) is 10.0 Å². The van der Waals surface area contributed by atoms with Crippen LogP contribution in [0.15, 0.2) is 47.4 Å². The molecule has 3 N–H and O–H groups in total. The van der Waals surface area contributed by atoms with Gasteiger partial charge in [-0.25, -0.2) is 13.1 Å². The van der Waals surface area contributed by atoms with Crippen LogP contribution in [0.3, 0.4) is 0 Å². The number of piperidine rings is 1. The lowest BCUT2D eigenvalue weighted by Crippen LogP contribution is -3.06. The van der Waals surface area contributed by atoms with Gasteiger partial charge in [0.1, 0.15) is 0 Å². The van der Waals surface area contributed by atoms with Crippen LogP contribution in [0.5, 0.6) is 0 Å². The second-order valence-corrected chi connectivity index (χ2v) is 10.0. The van der Waals surface area contributed by atoms with Crippen molar-refractivity contribution in [2.45, 2.75) is 62.6 Å². The van der Waals surface area contributed by atoms with Crippen molar-refractivity contribution in [3.63, 3.8) is 0 Å². The number of hydrogen-bond donors (Lipinski definition) is 2. The zero-order valence-corrected chi connectivity index (χ0v) is 15.7. The Labute approximate surface area is 144 Å². The molecule has 4 nitrogen and oxygen atoms in total. The first kappa shape index (κ1) is 17.4. The summed E-state index contributed by atoms with van der Waals surface area (Å²) in [5.41, 5.74) is 0.0430. The average molecular weight is 348 g/mol. The number of fused-ring (bicyclic) bond motifs is 1. The molecule has 0 aliphatic carbocycles. The third-order valence-electron chi connectivity index (χ3n) is 4.69. The van der Waals surface area contributed by atoms with Crippen molar-refractivity contribution in [2.24, 2.45) is 0 Å². The fourth-order valence-electron chi connectivity index (χ4n) is 4.31. The summed E-state index contributed by atoms with van der Waals surface area (Å²) in [4.78, 5) is 0.366. The molecule has 1 heterocycles. The number of nitrogens with two attached hydrogens (primary N) is 1. The van der Waals surface area contributed by atoms with Gasteiger partial charge in [-0.05, 0) is 39.1 Å². The number of nitrogens with one attached hydrogen (secondary N) is 1. The quantitative estimate of drug-likeness (QED) is 0.895. The Kier molecular flexibility index (Phi) is 4.22. The Hall–Kier alpha value is -1.43. The number of hydrogen-bond acceptors (Lipinski definition) is 2. The molecule has 24 heavy (non-hydrogen) atoms. The van der Waals surface area contributed by atoms with Crippen LogP contribution in [0.1, 0.15) is 40.5 Å². The van der Waals surface area contributed by atoms with Gasteiger partial charge >= 0.3 is 0 Å². The predicted octanol–water partition coefficient (Wildman–Crippen LogP) is 2.40. The Morgan fingerprint density at radius 2 is 1.54 bits per heavy atom. The summed E-state index contributed by atoms with van der Waals surface area (Å²) < 4.78 is 29.0. The first-order chi connectivity index (χ1) is 11.1. The van der Waals surface area contributed by atoms with E-state index in [1.165, 1.54) is 0 Å². The molecule has 2 aromatic rings. The highest BCUT2D eigenvalue weighted by Gasteiger charge is 2.43. The molecule has 0 unspecified atom stereocenters. The summed E-state index contributed by atoms with van der Waals surface area (Å²) in [6.45, 7) is 8.69. The molecule has 5 heteroatoms. The van der Waals surface area contributed by atoms with E-state index in [9.17, 15) is 8.42 Å². The molecular formula is C19H27N2O2S+. The monoisotopic (exact) mass is 347 g/mol. The van der Waals surface area contributed by atoms with Gasteiger partial charge in [0.25, 0.3) is 0 Å². The van der Waals surface area contributed by atoms with Gasteiger partial charge in [-0.2, -0.15) is 0 Å². The van der Waals surface area contributed by atoms with Gasteiger partial charge in [0, 0.05) is 24.3 Å². The highest BCUT2D eigenvalue weighted by atomic mass is 32.2. The van der Waals surface area contributed by atoms with Crippen molar-refractivity contribution >= 4 is 20.8 Å². The number of quaternary nitrogens is 1. The van der Waals surface area contributed by atoms with Crippen LogP contribution in [0.4, 0.5) is 0 Å². The first-order valence-electron chi connectivity index (χ1n) is 8.45. The van der Waals surface area contributed by atoms with E-state index >= 15 is 0 Å². The summed E-state index contributed by atoms with van der Waals surface area (Å²) in [5.74, 6) is 0. The molecular weight excluding hydrogens is 320 g/mol. The first-order valence-corrected chi connectivity index (χ1v) is 9.94. The third kappa shape index (κ3) is 3.63. The van der Waals surface area contributed by atoms with Crippen molar-refractivity contribution in [1.29, 1.82) is 0 Å². The zero-order chi connectivity index (χ0) is 17.6. The minimum atomic E-state index is -3.55. The summed E-state index contributed by atoms with van der Waals surface area (Å²) in [7, 11) is -3.55. The van der Waals surface area contributed by atoms with Crippen LogP contribution in [0.2, 0.25) is 0 Å². The fraction of sp³-hybridized carbons (Fsp3) is 0.474. The van der Waals surface area contributed by atoms with E-state index in [-0.39, 0.29) is 17.1 Å². The molecule has 1 saturated heterocycles. The molecule has 3 rings (SSSR count). The van der Waals surface area contributed by atoms with Gasteiger partial charge in [-0.3, -0.25) is 0 Å². The third-order valence-corrected chi connectivity index (χ3v) is 6.27. The van der Waals surface area contributed by atoms with Crippen LogP contribution in [0, 0.1) is 0 Å². The Balaban J connectivity index is 1.94. The molecule has 0 amide bonds. The predicted molar refractivity (Wildman–Crippen MR) is 97.4 cm³/mol. The molecule has 1 aliphatic rings. The summed E-state index contributed by atoms with van der Waals surface area (Å²) in [6.07, 6.45) is 1.64. The molecule has 0 radical (unpaired) electrons. The van der Waals surface area contributed by atoms with Crippen molar-refractivity contribution < 1.29 is 13.7 Å². The van der Waals surface area contributed by atoms with E-state index in [1.54, 1.807) is 12.1 Å². The lowest BCUT2D eigenvalue weighted by molar-refractivity contribution is -0.787. The minimum absolute atomic E-state index is 0.0215. The molecule has 1 fully saturated rings. The van der Waals surface area contributed by atoms with Crippen LogP contribution < -0.4 is 10.0 Å². The molecule has 2 aromatic carbocycles. The molecule has 130 valence electrons. The Morgan fingerprint density at radius 3 is 2.21 bits per heavy atom. The molecule has 0 aromatic heterocycles. The van der Waals surface area contributed by atoms with E-state index in [0.717, 1.165) is 23.6 Å². The van der Waals surface area contributed by atoms with Gasteiger partial charge in [-0.1, -0.05) is 36.4 Å². The van der Waals surface area contributed by atoms with E-state index in [2.05, 4.69) is 37.7 Å². The Bertz CT molecular complexity index is 835. The van der Waals surface area contributed by atoms with E-state index < -0.39 is 10.0 Å². The van der Waals surface area contributed by atoms with Crippen molar-refractivity contribution in [3.05, 3.63) is 42.5 Å². The maximum Gasteiger partial charge on any atom is 0.241 e. The lowest BCUT2D eigenvalue weighted by atomic mass is 9.80. The van der Waals surface area contributed by atoms with E-state index in [1.807, 2.05) is 30.3 Å². The second-order valence-electron chi connectivity index (χ2n) is 8.33. The molecule has 0 spiro atoms. The van der Waals surface area contributed by atoms with Crippen molar-refractivity contribution in [2.75, 3.05) is 0 Å². The molecule has 0 saturated carbocycles. The van der Waals surface area contributed by atoms with Crippen LogP contribution in [0.25, 0.3) is 10.8 Å². The maximum absolute atomic E-state index is 13.0. The zero-order valence-electron chi connectivity index (χ0n) is 14.8. The standard InChI is InChI=1S/C19H26N2O2S/c1-18(2)12-15(13-19(3,4)21-18)20-24(22,23)17-11-7-9-14-8-5-6-10-16(14)17/h5-11,15,20-21H,12-13H2,1-4H3/p+1. The highest BCUT2D eigenvalue weighted by molar-refractivity contribution is 7.89. The highest BCUT2D eigenvalue weighted by Crippen LogP contribution is 2.26. The molecule has 1 aliphatic heterocycles. The van der Waals surface area contributed by atoms with Gasteiger partial charge in [0.2, 0.25) is 10.0 Å².